The molecule has 4 rings (SSSR count). The first-order valence-corrected chi connectivity index (χ1v) is 12.4. The van der Waals surface area contributed by atoms with Gasteiger partial charge in [0.1, 0.15) is 17.1 Å². The molecule has 196 valence electrons. The number of benzene rings is 1. The molecule has 1 N–H and O–H groups in total. The number of rotatable bonds is 10. The summed E-state index contributed by atoms with van der Waals surface area (Å²) in [7, 11) is 6.76. The normalized spacial score (nSPS) is 13.5. The molecule has 0 aliphatic carbocycles. The zero-order valence-corrected chi connectivity index (χ0v) is 22.9. The SMILES string of the molecule is C=CC(=C)N1CC(N(C)CCn2c(=O)c(-c3c(Cl)c(OC)cc(OC)c3Cl)cc3cnc(NC)nc32)C1. The Kier molecular flexibility index (Phi) is 7.96. The van der Waals surface area contributed by atoms with Gasteiger partial charge in [-0.15, -0.1) is 0 Å². The average molecular weight is 545 g/mol. The lowest BCUT2D eigenvalue weighted by atomic mass is 10.0. The fraction of sp³-hybridized carbons (Fsp3) is 0.346. The van der Waals surface area contributed by atoms with Gasteiger partial charge in [-0.05, 0) is 19.2 Å². The standard InChI is InChI=1S/C26H30Cl2N6O3/c1-7-15(2)33-13-17(14-33)32(4)8-9-34-24-16(12-30-26(29-3)31-24)10-18(25(34)35)21-22(27)19(36-5)11-20(37-6)23(21)28/h7,10-12,17H,1-2,8-9,13-14H2,3-6H3,(H,29,30,31). The summed E-state index contributed by atoms with van der Waals surface area (Å²) in [5.74, 6) is 1.11. The van der Waals surface area contributed by atoms with E-state index in [4.69, 9.17) is 32.7 Å². The number of hydrogen-bond acceptors (Lipinski definition) is 8. The molecule has 3 heterocycles. The fourth-order valence-corrected chi connectivity index (χ4v) is 5.03. The third kappa shape index (κ3) is 4.99. The minimum absolute atomic E-state index is 0.221. The van der Waals surface area contributed by atoms with Gasteiger partial charge in [-0.25, -0.2) is 4.98 Å². The Morgan fingerprint density at radius 2 is 1.89 bits per heavy atom. The van der Waals surface area contributed by atoms with E-state index < -0.39 is 0 Å². The van der Waals surface area contributed by atoms with E-state index in [0.717, 1.165) is 18.8 Å². The summed E-state index contributed by atoms with van der Waals surface area (Å²) < 4.78 is 12.5. The van der Waals surface area contributed by atoms with Crippen LogP contribution in [0.15, 0.2) is 48.1 Å². The van der Waals surface area contributed by atoms with Crippen molar-refractivity contribution in [2.24, 2.45) is 0 Å². The Labute approximate surface area is 225 Å². The van der Waals surface area contributed by atoms with Crippen LogP contribution >= 0.6 is 23.2 Å². The van der Waals surface area contributed by atoms with Crippen molar-refractivity contribution in [2.75, 3.05) is 53.3 Å². The molecule has 0 spiro atoms. The van der Waals surface area contributed by atoms with Crippen LogP contribution in [0, 0.1) is 0 Å². The molecule has 1 aromatic carbocycles. The molecule has 0 bridgehead atoms. The Morgan fingerprint density at radius 3 is 2.46 bits per heavy atom. The molecule has 37 heavy (non-hydrogen) atoms. The molecular formula is C26H30Cl2N6O3. The number of aromatic nitrogens is 3. The first-order valence-electron chi connectivity index (χ1n) is 11.7. The summed E-state index contributed by atoms with van der Waals surface area (Å²) in [6, 6.07) is 3.64. The maximum Gasteiger partial charge on any atom is 0.260 e. The zero-order valence-electron chi connectivity index (χ0n) is 21.3. The molecule has 0 amide bonds. The van der Waals surface area contributed by atoms with E-state index in [0.29, 0.717) is 58.7 Å². The second-order valence-electron chi connectivity index (χ2n) is 8.76. The smallest absolute Gasteiger partial charge is 0.260 e. The molecular weight excluding hydrogens is 515 g/mol. The van der Waals surface area contributed by atoms with E-state index in [-0.39, 0.29) is 15.6 Å². The Bertz CT molecular complexity index is 1390. The van der Waals surface area contributed by atoms with Crippen LogP contribution in [0.4, 0.5) is 5.95 Å². The van der Waals surface area contributed by atoms with Crippen molar-refractivity contribution < 1.29 is 9.47 Å². The molecule has 0 radical (unpaired) electrons. The van der Waals surface area contributed by atoms with E-state index in [2.05, 4.69) is 38.2 Å². The molecule has 1 aliphatic heterocycles. The van der Waals surface area contributed by atoms with Crippen molar-refractivity contribution in [3.63, 3.8) is 0 Å². The van der Waals surface area contributed by atoms with Crippen LogP contribution < -0.4 is 20.3 Å². The molecule has 1 aliphatic rings. The van der Waals surface area contributed by atoms with Gasteiger partial charge in [-0.1, -0.05) is 36.4 Å². The zero-order chi connectivity index (χ0) is 26.9. The monoisotopic (exact) mass is 544 g/mol. The highest BCUT2D eigenvalue weighted by Gasteiger charge is 2.30. The van der Waals surface area contributed by atoms with Crippen molar-refractivity contribution in [1.29, 1.82) is 0 Å². The van der Waals surface area contributed by atoms with Crippen molar-refractivity contribution >= 4 is 40.2 Å². The van der Waals surface area contributed by atoms with Crippen molar-refractivity contribution in [3.8, 4) is 22.6 Å². The Balaban J connectivity index is 1.78. The summed E-state index contributed by atoms with van der Waals surface area (Å²) in [6.45, 7) is 10.5. The van der Waals surface area contributed by atoms with Gasteiger partial charge >= 0.3 is 0 Å². The molecule has 2 aromatic heterocycles. The highest BCUT2D eigenvalue weighted by molar-refractivity contribution is 6.41. The first-order chi connectivity index (χ1) is 17.7. The highest BCUT2D eigenvalue weighted by Crippen LogP contribution is 2.45. The van der Waals surface area contributed by atoms with E-state index in [1.165, 1.54) is 14.2 Å². The maximum atomic E-state index is 14.0. The maximum absolute atomic E-state index is 14.0. The summed E-state index contributed by atoms with van der Waals surface area (Å²) in [4.78, 5) is 27.3. The summed E-state index contributed by atoms with van der Waals surface area (Å²) in [6.07, 6.45) is 3.43. The second-order valence-corrected chi connectivity index (χ2v) is 9.51. The summed E-state index contributed by atoms with van der Waals surface area (Å²) in [5, 5.41) is 4.05. The number of pyridine rings is 1. The van der Waals surface area contributed by atoms with Crippen molar-refractivity contribution in [1.82, 2.24) is 24.3 Å². The van der Waals surface area contributed by atoms with Gasteiger partial charge in [0, 0.05) is 68.2 Å². The number of ether oxygens (including phenoxy) is 2. The summed E-state index contributed by atoms with van der Waals surface area (Å²) >= 11 is 13.3. The van der Waals surface area contributed by atoms with Crippen LogP contribution in [0.5, 0.6) is 11.5 Å². The number of anilines is 1. The number of hydrogen-bond donors (Lipinski definition) is 1. The van der Waals surface area contributed by atoms with E-state index in [9.17, 15) is 4.79 Å². The average Bonchev–Trinajstić information content (AvgIpc) is 2.87. The lowest BCUT2D eigenvalue weighted by Gasteiger charge is -2.45. The van der Waals surface area contributed by atoms with Gasteiger partial charge in [0.2, 0.25) is 5.95 Å². The predicted octanol–water partition coefficient (Wildman–Crippen LogP) is 4.14. The molecule has 1 saturated heterocycles. The Morgan fingerprint density at radius 1 is 1.24 bits per heavy atom. The quantitative estimate of drug-likeness (QED) is 0.381. The summed E-state index contributed by atoms with van der Waals surface area (Å²) in [5.41, 5.74) is 1.79. The van der Waals surface area contributed by atoms with Crippen LogP contribution in [0.2, 0.25) is 10.0 Å². The van der Waals surface area contributed by atoms with Gasteiger partial charge in [-0.3, -0.25) is 14.3 Å². The van der Waals surface area contributed by atoms with E-state index in [1.54, 1.807) is 36.0 Å². The molecule has 0 atom stereocenters. The topological polar surface area (TPSA) is 84.8 Å². The van der Waals surface area contributed by atoms with E-state index >= 15 is 0 Å². The van der Waals surface area contributed by atoms with E-state index in [1.807, 2.05) is 7.05 Å². The van der Waals surface area contributed by atoms with Crippen LogP contribution in [0.1, 0.15) is 0 Å². The lowest BCUT2D eigenvalue weighted by Crippen LogP contribution is -2.57. The number of fused-ring (bicyclic) bond motifs is 1. The number of likely N-dealkylation sites (N-methyl/N-ethyl adjacent to an activating group) is 1. The number of nitrogens with one attached hydrogen (secondary N) is 1. The highest BCUT2D eigenvalue weighted by atomic mass is 35.5. The van der Waals surface area contributed by atoms with Gasteiger partial charge in [0.25, 0.3) is 5.56 Å². The number of likely N-dealkylation sites (tertiary alicyclic amines) is 1. The van der Waals surface area contributed by atoms with Crippen LogP contribution in [0.3, 0.4) is 0 Å². The minimum atomic E-state index is -0.281. The number of halogens is 2. The number of nitrogens with zero attached hydrogens (tertiary/aromatic N) is 5. The Hall–Kier alpha value is -3.27. The predicted molar refractivity (Wildman–Crippen MR) is 149 cm³/mol. The lowest BCUT2D eigenvalue weighted by molar-refractivity contribution is 0.0775. The number of methoxy groups -OCH3 is 2. The van der Waals surface area contributed by atoms with Gasteiger partial charge in [0.15, 0.2) is 0 Å². The fourth-order valence-electron chi connectivity index (χ4n) is 4.33. The van der Waals surface area contributed by atoms with Crippen LogP contribution in [0.25, 0.3) is 22.2 Å². The molecule has 9 nitrogen and oxygen atoms in total. The van der Waals surface area contributed by atoms with Gasteiger partial charge in [-0.2, -0.15) is 4.98 Å². The molecule has 3 aromatic rings. The molecule has 0 unspecified atom stereocenters. The molecule has 0 saturated carbocycles. The van der Waals surface area contributed by atoms with Gasteiger partial charge in [0.05, 0.1) is 29.8 Å². The first kappa shape index (κ1) is 26.8. The van der Waals surface area contributed by atoms with Crippen LogP contribution in [-0.4, -0.2) is 78.3 Å². The van der Waals surface area contributed by atoms with Crippen LogP contribution in [-0.2, 0) is 6.54 Å². The number of allylic oxidation sites excluding steroid dienone is 1. The molecule has 1 fully saturated rings. The third-order valence-electron chi connectivity index (χ3n) is 6.70. The van der Waals surface area contributed by atoms with Gasteiger partial charge < -0.3 is 19.7 Å². The largest absolute Gasteiger partial charge is 0.495 e. The van der Waals surface area contributed by atoms with Crippen molar-refractivity contribution in [3.05, 3.63) is 63.7 Å². The third-order valence-corrected chi connectivity index (χ3v) is 7.45. The second kappa shape index (κ2) is 11.0. The molecule has 11 heteroatoms. The van der Waals surface area contributed by atoms with Crippen molar-refractivity contribution in [2.45, 2.75) is 12.6 Å². The minimum Gasteiger partial charge on any atom is -0.495 e.